The van der Waals surface area contributed by atoms with Crippen molar-refractivity contribution in [2.45, 2.75) is 60.8 Å². The molecule has 6 aliphatic heterocycles. The third-order valence-corrected chi connectivity index (χ3v) is 15.1. The Morgan fingerprint density at radius 3 is 1.53 bits per heavy atom. The van der Waals surface area contributed by atoms with Gasteiger partial charge in [-0.3, -0.25) is 0 Å². The zero-order valence-corrected chi connectivity index (χ0v) is 34.1. The van der Waals surface area contributed by atoms with Crippen molar-refractivity contribution in [2.75, 3.05) is 49.1 Å². The van der Waals surface area contributed by atoms with E-state index in [0.29, 0.717) is 0 Å². The lowest BCUT2D eigenvalue weighted by Gasteiger charge is -2.37. The van der Waals surface area contributed by atoms with E-state index >= 15 is 0 Å². The molecule has 0 saturated carbocycles. The fourth-order valence-electron chi connectivity index (χ4n) is 10.0. The van der Waals surface area contributed by atoms with Crippen LogP contribution in [0.25, 0.3) is 33.0 Å². The molecule has 0 radical (unpaired) electrons. The Balaban J connectivity index is 0.651. The Bertz CT molecular complexity index is 2530. The molecule has 2 atom stereocenters. The Hall–Kier alpha value is -5.00. The molecule has 2 N–H and O–H groups in total. The number of nitrogens with one attached hydrogen (secondary N) is 2. The van der Waals surface area contributed by atoms with Crippen molar-refractivity contribution in [3.63, 3.8) is 0 Å². The third-order valence-electron chi connectivity index (χ3n) is 12.7. The first-order valence-electron chi connectivity index (χ1n) is 21.0. The van der Waals surface area contributed by atoms with E-state index < -0.39 is 0 Å². The second-order valence-corrected chi connectivity index (χ2v) is 18.1. The average molecular weight is 803 g/mol. The summed E-state index contributed by atoms with van der Waals surface area (Å²) in [7, 11) is 0. The summed E-state index contributed by atoms with van der Waals surface area (Å²) in [6.07, 6.45) is 8.92. The molecule has 8 nitrogen and oxygen atoms in total. The molecule has 4 aromatic carbocycles. The maximum Gasteiger partial charge on any atom is 0.216 e. The number of nitrogens with zero attached hydrogens (tertiary/aromatic N) is 4. The number of benzene rings is 4. The van der Waals surface area contributed by atoms with Crippen LogP contribution in [-0.2, 0) is 13.1 Å². The molecule has 12 rings (SSSR count). The summed E-state index contributed by atoms with van der Waals surface area (Å²) in [4.78, 5) is 7.70. The van der Waals surface area contributed by atoms with E-state index in [1.54, 1.807) is 0 Å². The summed E-state index contributed by atoms with van der Waals surface area (Å²) in [6.45, 7) is 7.78. The predicted octanol–water partition coefficient (Wildman–Crippen LogP) is 8.12. The average Bonchev–Trinajstić information content (AvgIpc) is 3.84. The van der Waals surface area contributed by atoms with Crippen molar-refractivity contribution in [1.29, 1.82) is 0 Å². The highest BCUT2D eigenvalue weighted by Gasteiger charge is 2.42. The molecule has 6 aromatic rings. The van der Waals surface area contributed by atoms with Gasteiger partial charge in [-0.1, -0.05) is 59.9 Å². The van der Waals surface area contributed by atoms with Crippen molar-refractivity contribution in [1.82, 2.24) is 10.6 Å². The van der Waals surface area contributed by atoms with Gasteiger partial charge in [0.25, 0.3) is 0 Å². The van der Waals surface area contributed by atoms with Crippen LogP contribution in [0, 0.1) is 0 Å². The highest BCUT2D eigenvalue weighted by Crippen LogP contribution is 2.56. The van der Waals surface area contributed by atoms with Crippen LogP contribution in [-0.4, -0.2) is 51.5 Å². The zero-order valence-electron chi connectivity index (χ0n) is 32.5. The van der Waals surface area contributed by atoms with Crippen molar-refractivity contribution < 1.29 is 18.6 Å². The number of pyridine rings is 2. The van der Waals surface area contributed by atoms with E-state index in [2.05, 4.69) is 139 Å². The van der Waals surface area contributed by atoms with Crippen LogP contribution in [0.4, 0.5) is 11.4 Å². The van der Waals surface area contributed by atoms with Crippen LogP contribution in [0.5, 0.6) is 11.5 Å². The van der Waals surface area contributed by atoms with Crippen LogP contribution in [0.2, 0.25) is 0 Å². The lowest BCUT2D eigenvalue weighted by atomic mass is 9.90. The van der Waals surface area contributed by atoms with E-state index in [0.717, 1.165) is 89.5 Å². The van der Waals surface area contributed by atoms with E-state index in [-0.39, 0.29) is 12.2 Å². The minimum Gasteiger partial charge on any atom is -0.485 e. The molecular formula is C48H46N6O2S2+2. The van der Waals surface area contributed by atoms with Crippen molar-refractivity contribution in [3.05, 3.63) is 131 Å². The molecule has 6 aliphatic rings. The highest BCUT2D eigenvalue weighted by atomic mass is 32.2. The summed E-state index contributed by atoms with van der Waals surface area (Å²) in [6, 6.07) is 35.4. The van der Waals surface area contributed by atoms with Crippen molar-refractivity contribution in [3.8, 4) is 11.5 Å². The second-order valence-electron chi connectivity index (χ2n) is 16.0. The summed E-state index contributed by atoms with van der Waals surface area (Å²) in [5.41, 5.74) is 10.5. The molecule has 10 heteroatoms. The van der Waals surface area contributed by atoms with Gasteiger partial charge in [0, 0.05) is 121 Å². The van der Waals surface area contributed by atoms with Gasteiger partial charge < -0.3 is 29.9 Å². The summed E-state index contributed by atoms with van der Waals surface area (Å²) in [5.74, 6) is 2.04. The SMILES string of the molecule is c1ccc2c(c1)SC1=C3c4cc[n+](CCCNCCNCCC[n+]5ccc6c7c(cccc75)OC5CCN7C(=C65)Sc5ccccc57)c5cccc(c45)OC3CCN12. The molecule has 0 aliphatic carbocycles. The Kier molecular flexibility index (Phi) is 8.67. The van der Waals surface area contributed by atoms with Crippen LogP contribution < -0.4 is 39.0 Å². The number of aromatic nitrogens is 2. The fraction of sp³-hybridized carbons (Fsp3) is 0.292. The smallest absolute Gasteiger partial charge is 0.216 e. The Morgan fingerprint density at radius 2 is 1.03 bits per heavy atom. The molecule has 0 saturated heterocycles. The van der Waals surface area contributed by atoms with Crippen LogP contribution in [0.3, 0.4) is 0 Å². The normalized spacial score (nSPS) is 19.4. The molecule has 290 valence electrons. The second kappa shape index (κ2) is 14.4. The molecule has 2 unspecified atom stereocenters. The highest BCUT2D eigenvalue weighted by molar-refractivity contribution is 8.04. The van der Waals surface area contributed by atoms with Gasteiger partial charge in [0.05, 0.1) is 32.2 Å². The standard InChI is InChI=1S/C48H46N6O2S2/c1-3-15-41-33(9-1)53-29-19-39-45(47(53)57-41)31-17-27-51(35-11-5-13-37(55-39)43(31)35)25-7-21-49-23-24-50-22-8-26-52-28-18-32-44-36(52)12-6-14-38(44)56-40-20-30-54-34-10-2-4-16-42(34)58-48(54)46(32)40/h1-6,9-18,27-28,39-40,49-50H,7-8,19-26,29-30H2/q+2. The van der Waals surface area contributed by atoms with E-state index in [1.807, 2.05) is 23.5 Å². The summed E-state index contributed by atoms with van der Waals surface area (Å²) in [5, 5.41) is 12.5. The van der Waals surface area contributed by atoms with E-state index in [9.17, 15) is 0 Å². The van der Waals surface area contributed by atoms with Crippen molar-refractivity contribution in [2.24, 2.45) is 0 Å². The number of hydrogen-bond acceptors (Lipinski definition) is 8. The monoisotopic (exact) mass is 802 g/mol. The number of aryl methyl sites for hydroxylation is 2. The molecule has 58 heavy (non-hydrogen) atoms. The number of ether oxygens (including phenoxy) is 2. The molecule has 0 bridgehead atoms. The Labute approximate surface area is 347 Å². The van der Waals surface area contributed by atoms with Crippen LogP contribution >= 0.6 is 23.5 Å². The molecule has 0 spiro atoms. The number of rotatable bonds is 11. The molecule has 2 aromatic heterocycles. The quantitative estimate of drug-likeness (QED) is 0.101. The molecule has 0 amide bonds. The number of fused-ring (bicyclic) bond motifs is 10. The topological polar surface area (TPSA) is 56.8 Å². The fourth-order valence-corrected chi connectivity index (χ4v) is 12.6. The van der Waals surface area contributed by atoms with Crippen LogP contribution in [0.15, 0.2) is 129 Å². The zero-order chi connectivity index (χ0) is 38.2. The number of hydrogen-bond donors (Lipinski definition) is 2. The first-order chi connectivity index (χ1) is 28.8. The number of para-hydroxylation sites is 2. The lowest BCUT2D eigenvalue weighted by Crippen LogP contribution is -2.40. The van der Waals surface area contributed by atoms with Gasteiger partial charge in [0.15, 0.2) is 12.4 Å². The van der Waals surface area contributed by atoms with Crippen molar-refractivity contribution >= 4 is 67.9 Å². The summed E-state index contributed by atoms with van der Waals surface area (Å²) < 4.78 is 18.3. The van der Waals surface area contributed by atoms with Gasteiger partial charge in [-0.2, -0.15) is 9.13 Å². The van der Waals surface area contributed by atoms with Gasteiger partial charge in [0.1, 0.15) is 36.8 Å². The first kappa shape index (κ1) is 35.0. The third kappa shape index (κ3) is 5.67. The van der Waals surface area contributed by atoms with Gasteiger partial charge in [-0.25, -0.2) is 0 Å². The molecule has 0 fully saturated rings. The minimum absolute atomic E-state index is 0.105. The summed E-state index contributed by atoms with van der Waals surface area (Å²) >= 11 is 3.80. The van der Waals surface area contributed by atoms with E-state index in [1.165, 1.54) is 75.3 Å². The Morgan fingerprint density at radius 1 is 0.552 bits per heavy atom. The van der Waals surface area contributed by atoms with Gasteiger partial charge >= 0.3 is 0 Å². The lowest BCUT2D eigenvalue weighted by molar-refractivity contribution is -0.671. The minimum atomic E-state index is 0.105. The van der Waals surface area contributed by atoms with Crippen LogP contribution in [0.1, 0.15) is 36.8 Å². The predicted molar refractivity (Wildman–Crippen MR) is 234 cm³/mol. The van der Waals surface area contributed by atoms with E-state index in [4.69, 9.17) is 9.47 Å². The first-order valence-corrected chi connectivity index (χ1v) is 22.6. The maximum atomic E-state index is 6.73. The number of anilines is 2. The van der Waals surface area contributed by atoms with Gasteiger partial charge in [-0.05, 0) is 36.4 Å². The van der Waals surface area contributed by atoms with Gasteiger partial charge in [0.2, 0.25) is 11.0 Å². The maximum absolute atomic E-state index is 6.73. The van der Waals surface area contributed by atoms with Gasteiger partial charge in [-0.15, -0.1) is 0 Å². The molecular weight excluding hydrogens is 757 g/mol. The number of thioether (sulfide) groups is 2. The largest absolute Gasteiger partial charge is 0.485 e. The molecule has 8 heterocycles.